The maximum atomic E-state index is 11.7. The predicted octanol–water partition coefficient (Wildman–Crippen LogP) is 3.98. The van der Waals surface area contributed by atoms with E-state index in [2.05, 4.69) is 35.6 Å². The van der Waals surface area contributed by atoms with Crippen LogP contribution in [-0.2, 0) is 4.79 Å². The summed E-state index contributed by atoms with van der Waals surface area (Å²) in [7, 11) is 0. The molecule has 0 spiro atoms. The van der Waals surface area contributed by atoms with Gasteiger partial charge >= 0.3 is 0 Å². The highest BCUT2D eigenvalue weighted by Crippen LogP contribution is 2.20. The van der Waals surface area contributed by atoms with Crippen molar-refractivity contribution in [1.29, 1.82) is 0 Å². The highest BCUT2D eigenvalue weighted by molar-refractivity contribution is 5.88. The van der Waals surface area contributed by atoms with Crippen LogP contribution in [0.2, 0.25) is 0 Å². The van der Waals surface area contributed by atoms with Gasteiger partial charge in [-0.1, -0.05) is 42.0 Å². The highest BCUT2D eigenvalue weighted by Gasteiger charge is 2.08. The Balaban J connectivity index is 2.19. The molecule has 0 aliphatic carbocycles. The molecule has 0 fully saturated rings. The quantitative estimate of drug-likeness (QED) is 0.823. The zero-order valence-electron chi connectivity index (χ0n) is 11.6. The Kier molecular flexibility index (Phi) is 4.00. The Bertz CT molecular complexity index is 624. The van der Waals surface area contributed by atoms with Crippen molar-refractivity contribution in [2.45, 2.75) is 26.8 Å². The minimum atomic E-state index is -0.0411. The SMILES string of the molecule is CC(C)=CC(=O)NC(C)c1ccc2ccccc2c1. The summed E-state index contributed by atoms with van der Waals surface area (Å²) in [6, 6.07) is 14.5. The number of hydrogen-bond acceptors (Lipinski definition) is 1. The Hall–Kier alpha value is -2.09. The molecule has 0 saturated carbocycles. The van der Waals surface area contributed by atoms with Crippen molar-refractivity contribution in [1.82, 2.24) is 5.32 Å². The fraction of sp³-hybridized carbons (Fsp3) is 0.235. The largest absolute Gasteiger partial charge is 0.346 e. The lowest BCUT2D eigenvalue weighted by Gasteiger charge is -2.14. The van der Waals surface area contributed by atoms with Crippen molar-refractivity contribution in [3.63, 3.8) is 0 Å². The molecule has 1 amide bonds. The second-order valence-corrected chi connectivity index (χ2v) is 5.06. The molecule has 0 saturated heterocycles. The van der Waals surface area contributed by atoms with E-state index in [4.69, 9.17) is 0 Å². The van der Waals surface area contributed by atoms with Crippen LogP contribution < -0.4 is 5.32 Å². The molecule has 0 bridgehead atoms. The van der Waals surface area contributed by atoms with E-state index < -0.39 is 0 Å². The Labute approximate surface area is 114 Å². The molecule has 1 N–H and O–H groups in total. The molecule has 1 atom stereocenters. The summed E-state index contributed by atoms with van der Waals surface area (Å²) in [5, 5.41) is 5.39. The fourth-order valence-corrected chi connectivity index (χ4v) is 2.08. The van der Waals surface area contributed by atoms with E-state index in [0.29, 0.717) is 0 Å². The molecule has 0 radical (unpaired) electrons. The molecular weight excluding hydrogens is 234 g/mol. The zero-order valence-corrected chi connectivity index (χ0v) is 11.6. The third-order valence-corrected chi connectivity index (χ3v) is 3.05. The second kappa shape index (κ2) is 5.70. The van der Waals surface area contributed by atoms with Crippen LogP contribution in [0.15, 0.2) is 54.1 Å². The van der Waals surface area contributed by atoms with Crippen molar-refractivity contribution >= 4 is 16.7 Å². The first-order chi connectivity index (χ1) is 9.06. The van der Waals surface area contributed by atoms with Crippen molar-refractivity contribution in [2.75, 3.05) is 0 Å². The summed E-state index contributed by atoms with van der Waals surface area (Å²) < 4.78 is 0. The maximum absolute atomic E-state index is 11.7. The molecule has 19 heavy (non-hydrogen) atoms. The van der Waals surface area contributed by atoms with Crippen molar-refractivity contribution in [3.05, 3.63) is 59.7 Å². The van der Waals surface area contributed by atoms with E-state index in [9.17, 15) is 4.79 Å². The minimum Gasteiger partial charge on any atom is -0.346 e. The van der Waals surface area contributed by atoms with Gasteiger partial charge in [-0.3, -0.25) is 4.79 Å². The lowest BCUT2D eigenvalue weighted by molar-refractivity contribution is -0.117. The lowest BCUT2D eigenvalue weighted by atomic mass is 10.0. The van der Waals surface area contributed by atoms with Gasteiger partial charge in [-0.25, -0.2) is 0 Å². The summed E-state index contributed by atoms with van der Waals surface area (Å²) in [5.41, 5.74) is 2.12. The fourth-order valence-electron chi connectivity index (χ4n) is 2.08. The summed E-state index contributed by atoms with van der Waals surface area (Å²) in [6.07, 6.45) is 1.62. The van der Waals surface area contributed by atoms with E-state index in [0.717, 1.165) is 11.1 Å². The molecule has 0 heterocycles. The highest BCUT2D eigenvalue weighted by atomic mass is 16.1. The van der Waals surface area contributed by atoms with E-state index >= 15 is 0 Å². The van der Waals surface area contributed by atoms with Gasteiger partial charge in [0.05, 0.1) is 6.04 Å². The van der Waals surface area contributed by atoms with Gasteiger partial charge in [-0.05, 0) is 43.2 Å². The molecule has 98 valence electrons. The van der Waals surface area contributed by atoms with Crippen LogP contribution in [0, 0.1) is 0 Å². The summed E-state index contributed by atoms with van der Waals surface area (Å²) in [4.78, 5) is 11.7. The van der Waals surface area contributed by atoms with Gasteiger partial charge in [-0.15, -0.1) is 0 Å². The zero-order chi connectivity index (χ0) is 13.8. The number of benzene rings is 2. The molecule has 2 rings (SSSR count). The number of amides is 1. The molecule has 0 aliphatic heterocycles. The number of fused-ring (bicyclic) bond motifs is 1. The van der Waals surface area contributed by atoms with Crippen LogP contribution in [0.4, 0.5) is 0 Å². The number of hydrogen-bond donors (Lipinski definition) is 1. The van der Waals surface area contributed by atoms with Gasteiger partial charge in [0, 0.05) is 6.08 Å². The number of nitrogens with one attached hydrogen (secondary N) is 1. The van der Waals surface area contributed by atoms with Gasteiger partial charge in [-0.2, -0.15) is 0 Å². The molecule has 1 unspecified atom stereocenters. The van der Waals surface area contributed by atoms with E-state index in [1.807, 2.05) is 32.9 Å². The average Bonchev–Trinajstić information content (AvgIpc) is 2.37. The second-order valence-electron chi connectivity index (χ2n) is 5.06. The molecule has 0 aromatic heterocycles. The van der Waals surface area contributed by atoms with Gasteiger partial charge in [0.2, 0.25) is 5.91 Å². The van der Waals surface area contributed by atoms with E-state index in [1.165, 1.54) is 10.8 Å². The standard InChI is InChI=1S/C17H19NO/c1-12(2)10-17(19)18-13(3)15-9-8-14-6-4-5-7-16(14)11-15/h4-11,13H,1-3H3,(H,18,19). The summed E-state index contributed by atoms with van der Waals surface area (Å²) in [6.45, 7) is 5.83. The first kappa shape index (κ1) is 13.3. The number of carbonyl (C=O) groups excluding carboxylic acids is 1. The predicted molar refractivity (Wildman–Crippen MR) is 79.9 cm³/mol. The monoisotopic (exact) mass is 253 g/mol. The van der Waals surface area contributed by atoms with Crippen LogP contribution in [0.25, 0.3) is 10.8 Å². The van der Waals surface area contributed by atoms with Gasteiger partial charge in [0.1, 0.15) is 0 Å². The van der Waals surface area contributed by atoms with Crippen LogP contribution >= 0.6 is 0 Å². The Morgan fingerprint density at radius 3 is 2.47 bits per heavy atom. The van der Waals surface area contributed by atoms with E-state index in [1.54, 1.807) is 6.08 Å². The lowest BCUT2D eigenvalue weighted by Crippen LogP contribution is -2.24. The van der Waals surface area contributed by atoms with Crippen LogP contribution in [0.3, 0.4) is 0 Å². The molecule has 2 aromatic rings. The summed E-state index contributed by atoms with van der Waals surface area (Å²) >= 11 is 0. The van der Waals surface area contributed by atoms with Gasteiger partial charge < -0.3 is 5.32 Å². The number of carbonyl (C=O) groups is 1. The van der Waals surface area contributed by atoms with Crippen LogP contribution in [0.1, 0.15) is 32.4 Å². The molecule has 2 nitrogen and oxygen atoms in total. The molecule has 2 heteroatoms. The topological polar surface area (TPSA) is 29.1 Å². The van der Waals surface area contributed by atoms with Gasteiger partial charge in [0.25, 0.3) is 0 Å². The van der Waals surface area contributed by atoms with E-state index in [-0.39, 0.29) is 11.9 Å². The average molecular weight is 253 g/mol. The first-order valence-electron chi connectivity index (χ1n) is 6.50. The molecule has 2 aromatic carbocycles. The third-order valence-electron chi connectivity index (χ3n) is 3.05. The molecule has 0 aliphatic rings. The smallest absolute Gasteiger partial charge is 0.244 e. The van der Waals surface area contributed by atoms with Crippen LogP contribution in [-0.4, -0.2) is 5.91 Å². The number of allylic oxidation sites excluding steroid dienone is 1. The first-order valence-corrected chi connectivity index (χ1v) is 6.50. The minimum absolute atomic E-state index is 0.00714. The van der Waals surface area contributed by atoms with Crippen molar-refractivity contribution < 1.29 is 4.79 Å². The van der Waals surface area contributed by atoms with Gasteiger partial charge in [0.15, 0.2) is 0 Å². The molecular formula is C17H19NO. The normalized spacial score (nSPS) is 11.9. The Morgan fingerprint density at radius 2 is 1.79 bits per heavy atom. The number of rotatable bonds is 3. The van der Waals surface area contributed by atoms with Crippen molar-refractivity contribution in [2.24, 2.45) is 0 Å². The summed E-state index contributed by atoms with van der Waals surface area (Å²) in [5.74, 6) is -0.0411. The van der Waals surface area contributed by atoms with Crippen LogP contribution in [0.5, 0.6) is 0 Å². The van der Waals surface area contributed by atoms with Crippen molar-refractivity contribution in [3.8, 4) is 0 Å². The third kappa shape index (κ3) is 3.44. The maximum Gasteiger partial charge on any atom is 0.244 e. The Morgan fingerprint density at radius 1 is 1.11 bits per heavy atom.